The van der Waals surface area contributed by atoms with Crippen molar-refractivity contribution in [3.8, 4) is 5.75 Å². The van der Waals surface area contributed by atoms with E-state index < -0.39 is 12.0 Å². The fourth-order valence-electron chi connectivity index (χ4n) is 1.20. The van der Waals surface area contributed by atoms with Gasteiger partial charge in [-0.2, -0.15) is 0 Å². The summed E-state index contributed by atoms with van der Waals surface area (Å²) in [6.07, 6.45) is 0. The van der Waals surface area contributed by atoms with Crippen molar-refractivity contribution >= 4 is 18.4 Å². The van der Waals surface area contributed by atoms with Crippen LogP contribution < -0.4 is 5.73 Å². The molecule has 1 aromatic rings. The van der Waals surface area contributed by atoms with Crippen molar-refractivity contribution in [2.75, 3.05) is 0 Å². The predicted octanol–water partition coefficient (Wildman–Crippen LogP) is 1.33. The number of nitrogens with two attached hydrogens (primary N) is 1. The summed E-state index contributed by atoms with van der Waals surface area (Å²) in [4.78, 5) is 10.6. The highest BCUT2D eigenvalue weighted by Gasteiger charge is 2.21. The number of rotatable bonds is 3. The van der Waals surface area contributed by atoms with E-state index in [0.29, 0.717) is 0 Å². The molecule has 0 bridgehead atoms. The Morgan fingerprint density at radius 2 is 1.80 bits per heavy atom. The first-order valence-corrected chi connectivity index (χ1v) is 4.29. The van der Waals surface area contributed by atoms with Crippen molar-refractivity contribution in [1.29, 1.82) is 0 Å². The highest BCUT2D eigenvalue weighted by molar-refractivity contribution is 5.85. The van der Waals surface area contributed by atoms with E-state index in [0.717, 1.165) is 5.56 Å². The fourth-order valence-corrected chi connectivity index (χ4v) is 1.20. The number of halogens is 1. The lowest BCUT2D eigenvalue weighted by Gasteiger charge is -2.15. The fraction of sp³-hybridized carbons (Fsp3) is 0.300. The van der Waals surface area contributed by atoms with Crippen molar-refractivity contribution in [3.05, 3.63) is 29.8 Å². The van der Waals surface area contributed by atoms with Crippen molar-refractivity contribution in [1.82, 2.24) is 0 Å². The molecule has 0 heterocycles. The molecule has 0 saturated carbocycles. The second kappa shape index (κ2) is 5.58. The number of phenolic OH excluding ortho intramolecular Hbond substituents is 1. The van der Waals surface area contributed by atoms with Crippen molar-refractivity contribution in [2.45, 2.75) is 18.9 Å². The largest absolute Gasteiger partial charge is 0.508 e. The van der Waals surface area contributed by atoms with Gasteiger partial charge in [0.25, 0.3) is 0 Å². The maximum Gasteiger partial charge on any atom is 0.321 e. The molecule has 1 rings (SSSR count). The van der Waals surface area contributed by atoms with Crippen LogP contribution in [-0.2, 0) is 4.79 Å². The number of benzene rings is 1. The van der Waals surface area contributed by atoms with Gasteiger partial charge in [-0.3, -0.25) is 4.79 Å². The van der Waals surface area contributed by atoms with Gasteiger partial charge in [-0.1, -0.05) is 19.1 Å². The van der Waals surface area contributed by atoms with Crippen LogP contribution in [0.1, 0.15) is 18.4 Å². The second-order valence-corrected chi connectivity index (χ2v) is 3.24. The van der Waals surface area contributed by atoms with Gasteiger partial charge in [0.2, 0.25) is 0 Å². The number of aromatic hydroxyl groups is 1. The van der Waals surface area contributed by atoms with E-state index in [2.05, 4.69) is 0 Å². The Morgan fingerprint density at radius 3 is 2.20 bits per heavy atom. The smallest absolute Gasteiger partial charge is 0.321 e. The molecule has 0 spiro atoms. The number of hydrogen-bond donors (Lipinski definition) is 3. The molecule has 5 heteroatoms. The molecule has 84 valence electrons. The van der Waals surface area contributed by atoms with Crippen molar-refractivity contribution < 1.29 is 15.0 Å². The van der Waals surface area contributed by atoms with Crippen molar-refractivity contribution in [3.63, 3.8) is 0 Å². The molecule has 2 atom stereocenters. The van der Waals surface area contributed by atoms with Gasteiger partial charge >= 0.3 is 5.97 Å². The third-order valence-electron chi connectivity index (χ3n) is 2.24. The topological polar surface area (TPSA) is 83.5 Å². The van der Waals surface area contributed by atoms with E-state index in [1.165, 1.54) is 12.1 Å². The summed E-state index contributed by atoms with van der Waals surface area (Å²) in [5.41, 5.74) is 6.27. The van der Waals surface area contributed by atoms with Gasteiger partial charge in [-0.05, 0) is 17.7 Å². The number of hydrogen-bond acceptors (Lipinski definition) is 3. The number of aliphatic carboxylic acids is 1. The monoisotopic (exact) mass is 231 g/mol. The second-order valence-electron chi connectivity index (χ2n) is 3.24. The molecule has 4 nitrogen and oxygen atoms in total. The van der Waals surface area contributed by atoms with Crippen LogP contribution in [0.4, 0.5) is 0 Å². The van der Waals surface area contributed by atoms with Crippen LogP contribution in [0.5, 0.6) is 5.75 Å². The number of phenols is 1. The molecule has 0 radical (unpaired) electrons. The van der Waals surface area contributed by atoms with Gasteiger partial charge in [0.05, 0.1) is 0 Å². The molecule has 0 aliphatic rings. The Labute approximate surface area is 94.1 Å². The molecular formula is C10H14ClNO3. The standard InChI is InChI=1S/C10H13NO3.ClH/c1-6(9(11)10(13)14)7-2-4-8(12)5-3-7;/h2-6,9,12H,11H2,1H3,(H,13,14);1H/t6?,9-;/m1./s1. The number of carbonyl (C=O) groups is 1. The Bertz CT molecular complexity index is 326. The zero-order valence-corrected chi connectivity index (χ0v) is 9.07. The highest BCUT2D eigenvalue weighted by Crippen LogP contribution is 2.20. The van der Waals surface area contributed by atoms with Crippen LogP contribution in [0.25, 0.3) is 0 Å². The normalized spacial score (nSPS) is 13.7. The summed E-state index contributed by atoms with van der Waals surface area (Å²) < 4.78 is 0. The summed E-state index contributed by atoms with van der Waals surface area (Å²) >= 11 is 0. The summed E-state index contributed by atoms with van der Waals surface area (Å²) in [5, 5.41) is 17.7. The third-order valence-corrected chi connectivity index (χ3v) is 2.24. The first-order chi connectivity index (χ1) is 6.52. The first kappa shape index (κ1) is 13.7. The SMILES string of the molecule is CC(c1ccc(O)cc1)[C@@H](N)C(=O)O.Cl. The number of carboxylic acid groups (broad SMARTS) is 1. The summed E-state index contributed by atoms with van der Waals surface area (Å²) in [5.74, 6) is -1.14. The van der Waals surface area contributed by atoms with Crippen LogP contribution in [-0.4, -0.2) is 22.2 Å². The minimum absolute atomic E-state index is 0. The van der Waals surface area contributed by atoms with Crippen LogP contribution in [0, 0.1) is 0 Å². The van der Waals surface area contributed by atoms with Gasteiger partial charge in [0.15, 0.2) is 0 Å². The molecule has 15 heavy (non-hydrogen) atoms. The molecule has 0 saturated heterocycles. The minimum atomic E-state index is -1.02. The third kappa shape index (κ3) is 3.42. The zero-order valence-electron chi connectivity index (χ0n) is 8.25. The molecule has 0 aliphatic carbocycles. The average molecular weight is 232 g/mol. The molecule has 1 unspecified atom stereocenters. The molecule has 0 aliphatic heterocycles. The maximum absolute atomic E-state index is 10.6. The van der Waals surface area contributed by atoms with E-state index in [9.17, 15) is 4.79 Å². The lowest BCUT2D eigenvalue weighted by Crippen LogP contribution is -2.35. The minimum Gasteiger partial charge on any atom is -0.508 e. The molecular weight excluding hydrogens is 218 g/mol. The summed E-state index contributed by atoms with van der Waals surface area (Å²) in [7, 11) is 0. The Kier molecular flexibility index (Phi) is 5.11. The molecule has 0 amide bonds. The Morgan fingerprint density at radius 1 is 1.33 bits per heavy atom. The number of carboxylic acids is 1. The maximum atomic E-state index is 10.6. The lowest BCUT2D eigenvalue weighted by atomic mass is 9.94. The van der Waals surface area contributed by atoms with Crippen LogP contribution in [0.2, 0.25) is 0 Å². The van der Waals surface area contributed by atoms with Gasteiger partial charge in [-0.25, -0.2) is 0 Å². The average Bonchev–Trinajstić information content (AvgIpc) is 2.16. The van der Waals surface area contributed by atoms with Crippen molar-refractivity contribution in [2.24, 2.45) is 5.73 Å². The molecule has 4 N–H and O–H groups in total. The van der Waals surface area contributed by atoms with E-state index >= 15 is 0 Å². The van der Waals surface area contributed by atoms with E-state index in [4.69, 9.17) is 15.9 Å². The van der Waals surface area contributed by atoms with E-state index in [1.807, 2.05) is 0 Å². The van der Waals surface area contributed by atoms with Crippen LogP contribution >= 0.6 is 12.4 Å². The van der Waals surface area contributed by atoms with E-state index in [-0.39, 0.29) is 24.1 Å². The Hall–Kier alpha value is -1.26. The van der Waals surface area contributed by atoms with Gasteiger partial charge in [0, 0.05) is 5.92 Å². The predicted molar refractivity (Wildman–Crippen MR) is 59.4 cm³/mol. The molecule has 0 aromatic heterocycles. The van der Waals surface area contributed by atoms with Gasteiger partial charge in [-0.15, -0.1) is 12.4 Å². The van der Waals surface area contributed by atoms with Gasteiger partial charge in [0.1, 0.15) is 11.8 Å². The first-order valence-electron chi connectivity index (χ1n) is 4.29. The lowest BCUT2D eigenvalue weighted by molar-refractivity contribution is -0.139. The quantitative estimate of drug-likeness (QED) is 0.733. The summed E-state index contributed by atoms with van der Waals surface area (Å²) in [6.45, 7) is 1.74. The van der Waals surface area contributed by atoms with Crippen LogP contribution in [0.3, 0.4) is 0 Å². The van der Waals surface area contributed by atoms with E-state index in [1.54, 1.807) is 19.1 Å². The van der Waals surface area contributed by atoms with Crippen LogP contribution in [0.15, 0.2) is 24.3 Å². The molecule has 1 aromatic carbocycles. The zero-order chi connectivity index (χ0) is 10.7. The highest BCUT2D eigenvalue weighted by atomic mass is 35.5. The van der Waals surface area contributed by atoms with Gasteiger partial charge < -0.3 is 15.9 Å². The summed E-state index contributed by atoms with van der Waals surface area (Å²) in [6, 6.07) is 5.45. The molecule has 0 fully saturated rings. The Balaban J connectivity index is 0.00000196.